The van der Waals surface area contributed by atoms with Crippen molar-refractivity contribution >= 4 is 29.3 Å². The molecule has 0 aliphatic heterocycles. The van der Waals surface area contributed by atoms with Gasteiger partial charge in [-0.3, -0.25) is 14.6 Å². The van der Waals surface area contributed by atoms with Gasteiger partial charge < -0.3 is 15.4 Å². The summed E-state index contributed by atoms with van der Waals surface area (Å²) in [4.78, 5) is 29.1. The molecule has 0 saturated carbocycles. The van der Waals surface area contributed by atoms with Crippen LogP contribution in [-0.4, -0.2) is 29.9 Å². The minimum Gasteiger partial charge on any atom is -0.484 e. The quantitative estimate of drug-likeness (QED) is 0.508. The first kappa shape index (κ1) is 21.4. The van der Waals surface area contributed by atoms with Gasteiger partial charge in [-0.05, 0) is 67.1 Å². The maximum atomic E-state index is 12.5. The van der Waals surface area contributed by atoms with Gasteiger partial charge in [-0.25, -0.2) is 0 Å². The molecule has 0 radical (unpaired) electrons. The lowest BCUT2D eigenvalue weighted by Crippen LogP contribution is -2.28. The van der Waals surface area contributed by atoms with Gasteiger partial charge in [0.05, 0.1) is 0 Å². The van der Waals surface area contributed by atoms with Crippen molar-refractivity contribution in [3.63, 3.8) is 0 Å². The van der Waals surface area contributed by atoms with E-state index in [1.165, 1.54) is 0 Å². The third kappa shape index (κ3) is 6.63. The van der Waals surface area contributed by atoms with Crippen molar-refractivity contribution in [1.29, 1.82) is 0 Å². The fraction of sp³-hybridized carbons (Fsp3) is 0.174. The smallest absolute Gasteiger partial charge is 0.257 e. The highest BCUT2D eigenvalue weighted by Crippen LogP contribution is 2.23. The monoisotopic (exact) mass is 421 g/mol. The van der Waals surface area contributed by atoms with Crippen molar-refractivity contribution in [3.8, 4) is 5.75 Å². The highest BCUT2D eigenvalue weighted by molar-refractivity contribution is 7.98. The van der Waals surface area contributed by atoms with Gasteiger partial charge >= 0.3 is 0 Å². The van der Waals surface area contributed by atoms with Crippen LogP contribution in [0.25, 0.3) is 0 Å². The van der Waals surface area contributed by atoms with Crippen LogP contribution in [0, 0.1) is 0 Å². The molecule has 0 spiro atoms. The third-order valence-electron chi connectivity index (χ3n) is 4.10. The number of rotatable bonds is 9. The fourth-order valence-corrected chi connectivity index (χ4v) is 3.42. The number of pyridine rings is 1. The summed E-state index contributed by atoms with van der Waals surface area (Å²) in [5.74, 6) is 1.04. The molecule has 0 bridgehead atoms. The lowest BCUT2D eigenvalue weighted by molar-refractivity contribution is -0.122. The molecule has 0 unspecified atom stereocenters. The van der Waals surface area contributed by atoms with Crippen LogP contribution in [0.1, 0.15) is 22.8 Å². The molecule has 0 fully saturated rings. The van der Waals surface area contributed by atoms with Gasteiger partial charge in [-0.2, -0.15) is 0 Å². The molecule has 154 valence electrons. The molecule has 1 aromatic heterocycles. The maximum absolute atomic E-state index is 12.5. The van der Waals surface area contributed by atoms with Crippen LogP contribution in [0.15, 0.2) is 78.0 Å². The van der Waals surface area contributed by atoms with E-state index in [1.807, 2.05) is 49.5 Å². The zero-order chi connectivity index (χ0) is 21.2. The summed E-state index contributed by atoms with van der Waals surface area (Å²) in [6, 6.07) is 18.4. The number of nitrogens with one attached hydrogen (secondary N) is 2. The summed E-state index contributed by atoms with van der Waals surface area (Å²) in [5.41, 5.74) is 2.39. The molecule has 3 rings (SSSR count). The van der Waals surface area contributed by atoms with Gasteiger partial charge in [0.15, 0.2) is 6.61 Å². The van der Waals surface area contributed by atoms with Crippen LogP contribution in [-0.2, 0) is 10.5 Å². The molecule has 0 aliphatic carbocycles. The number of likely N-dealkylation sites (N-methyl/N-ethyl adjacent to an activating group) is 1. The second-order valence-electron chi connectivity index (χ2n) is 6.40. The van der Waals surface area contributed by atoms with E-state index in [0.717, 1.165) is 16.2 Å². The minimum atomic E-state index is -0.185. The second-order valence-corrected chi connectivity index (χ2v) is 7.44. The van der Waals surface area contributed by atoms with E-state index >= 15 is 0 Å². The number of aromatic nitrogens is 1. The molecular weight excluding hydrogens is 398 g/mol. The largest absolute Gasteiger partial charge is 0.484 e. The van der Waals surface area contributed by atoms with Crippen LogP contribution < -0.4 is 15.4 Å². The Labute approximate surface area is 180 Å². The third-order valence-corrected chi connectivity index (χ3v) is 5.18. The van der Waals surface area contributed by atoms with E-state index in [4.69, 9.17) is 4.74 Å². The van der Waals surface area contributed by atoms with Crippen LogP contribution in [0.3, 0.4) is 0 Å². The molecule has 0 saturated heterocycles. The zero-order valence-corrected chi connectivity index (χ0v) is 17.4. The minimum absolute atomic E-state index is 0.0370. The topological polar surface area (TPSA) is 80.3 Å². The molecule has 1 heterocycles. The Morgan fingerprint density at radius 2 is 1.80 bits per heavy atom. The molecular formula is C23H23N3O3S. The normalized spacial score (nSPS) is 10.3. The van der Waals surface area contributed by atoms with Gasteiger partial charge in [-0.15, -0.1) is 11.8 Å². The van der Waals surface area contributed by atoms with Crippen LogP contribution in [0.4, 0.5) is 5.69 Å². The number of benzene rings is 2. The van der Waals surface area contributed by atoms with Gasteiger partial charge in [-0.1, -0.05) is 6.07 Å². The van der Waals surface area contributed by atoms with Crippen molar-refractivity contribution in [2.24, 2.45) is 0 Å². The molecule has 7 heteroatoms. The molecule has 3 aromatic rings. The van der Waals surface area contributed by atoms with E-state index in [9.17, 15) is 9.59 Å². The first-order valence-corrected chi connectivity index (χ1v) is 10.6. The summed E-state index contributed by atoms with van der Waals surface area (Å²) in [5, 5.41) is 5.53. The average molecular weight is 422 g/mol. The summed E-state index contributed by atoms with van der Waals surface area (Å²) < 4.78 is 5.40. The highest BCUT2D eigenvalue weighted by Gasteiger charge is 2.07. The Kier molecular flexibility index (Phi) is 7.86. The Morgan fingerprint density at radius 3 is 2.47 bits per heavy atom. The van der Waals surface area contributed by atoms with Crippen molar-refractivity contribution in [3.05, 3.63) is 84.2 Å². The number of thioether (sulfide) groups is 1. The fourth-order valence-electron chi connectivity index (χ4n) is 2.59. The van der Waals surface area contributed by atoms with E-state index in [2.05, 4.69) is 15.6 Å². The molecule has 6 nitrogen and oxygen atoms in total. The van der Waals surface area contributed by atoms with Gasteiger partial charge in [0, 0.05) is 40.8 Å². The van der Waals surface area contributed by atoms with Crippen LogP contribution in [0.5, 0.6) is 5.75 Å². The van der Waals surface area contributed by atoms with Crippen molar-refractivity contribution in [2.75, 3.05) is 18.5 Å². The van der Waals surface area contributed by atoms with Crippen molar-refractivity contribution in [2.45, 2.75) is 17.6 Å². The Hall–Kier alpha value is -3.32. The van der Waals surface area contributed by atoms with Gasteiger partial charge in [0.25, 0.3) is 11.8 Å². The van der Waals surface area contributed by atoms with E-state index in [-0.39, 0.29) is 18.4 Å². The Balaban J connectivity index is 1.49. The summed E-state index contributed by atoms with van der Waals surface area (Å²) in [6.07, 6.45) is 3.61. The standard InChI is InChI=1S/C23H23N3O3S/c1-2-25-22(27)15-29-20-9-7-19(8-10-20)26-23(28)18-5-11-21(12-6-18)30-16-17-4-3-13-24-14-17/h3-14H,2,15-16H2,1H3,(H,25,27)(H,26,28). The number of nitrogens with zero attached hydrogens (tertiary/aromatic N) is 1. The number of anilines is 1. The zero-order valence-electron chi connectivity index (χ0n) is 16.6. The molecule has 2 aromatic carbocycles. The number of carbonyl (C=O) groups excluding carboxylic acids is 2. The number of hydrogen-bond donors (Lipinski definition) is 2. The summed E-state index contributed by atoms with van der Waals surface area (Å²) >= 11 is 1.70. The summed E-state index contributed by atoms with van der Waals surface area (Å²) in [6.45, 7) is 2.38. The SMILES string of the molecule is CCNC(=O)COc1ccc(NC(=O)c2ccc(SCc3cccnc3)cc2)cc1. The predicted octanol–water partition coefficient (Wildman–Crippen LogP) is 4.14. The van der Waals surface area contributed by atoms with Crippen LogP contribution >= 0.6 is 11.8 Å². The Bertz CT molecular complexity index is 961. The van der Waals surface area contributed by atoms with Crippen molar-refractivity contribution < 1.29 is 14.3 Å². The molecule has 30 heavy (non-hydrogen) atoms. The predicted molar refractivity (Wildman–Crippen MR) is 119 cm³/mol. The first-order valence-electron chi connectivity index (χ1n) is 9.56. The highest BCUT2D eigenvalue weighted by atomic mass is 32.2. The van der Waals surface area contributed by atoms with Gasteiger partial charge in [0.2, 0.25) is 0 Å². The maximum Gasteiger partial charge on any atom is 0.257 e. The Morgan fingerprint density at radius 1 is 1.03 bits per heavy atom. The molecule has 0 aliphatic rings. The summed E-state index contributed by atoms with van der Waals surface area (Å²) in [7, 11) is 0. The van der Waals surface area contributed by atoms with E-state index in [1.54, 1.807) is 42.2 Å². The van der Waals surface area contributed by atoms with Crippen molar-refractivity contribution in [1.82, 2.24) is 10.3 Å². The number of ether oxygens (including phenoxy) is 1. The van der Waals surface area contributed by atoms with E-state index < -0.39 is 0 Å². The molecule has 0 atom stereocenters. The number of hydrogen-bond acceptors (Lipinski definition) is 5. The second kappa shape index (κ2) is 11.0. The lowest BCUT2D eigenvalue weighted by Gasteiger charge is -2.09. The lowest BCUT2D eigenvalue weighted by atomic mass is 10.2. The van der Waals surface area contributed by atoms with E-state index in [0.29, 0.717) is 23.5 Å². The van der Waals surface area contributed by atoms with Gasteiger partial charge in [0.1, 0.15) is 5.75 Å². The average Bonchev–Trinajstić information content (AvgIpc) is 2.78. The van der Waals surface area contributed by atoms with Crippen LogP contribution in [0.2, 0.25) is 0 Å². The number of amides is 2. The first-order chi connectivity index (χ1) is 14.6. The molecule has 2 N–H and O–H groups in total. The number of carbonyl (C=O) groups is 2. The molecule has 2 amide bonds.